The van der Waals surface area contributed by atoms with E-state index in [0.717, 1.165) is 13.0 Å². The lowest BCUT2D eigenvalue weighted by molar-refractivity contribution is 0.0920. The maximum Gasteiger partial charge on any atom is 0.322 e. The maximum absolute atomic E-state index is 5.84. The highest BCUT2D eigenvalue weighted by atomic mass is 35.5. The number of methoxy groups -OCH3 is 1. The molecule has 2 heterocycles. The van der Waals surface area contributed by atoms with Gasteiger partial charge in [0.15, 0.2) is 0 Å². The number of hydrogen-bond donors (Lipinski definition) is 0. The Balaban J connectivity index is 2.27. The molecule has 94 valence electrons. The second-order valence-corrected chi connectivity index (χ2v) is 4.06. The molecule has 2 rings (SSSR count). The third-order valence-corrected chi connectivity index (χ3v) is 2.88. The second kappa shape index (κ2) is 5.46. The summed E-state index contributed by atoms with van der Waals surface area (Å²) in [6.07, 6.45) is 0.964. The quantitative estimate of drug-likeness (QED) is 0.811. The molecule has 1 fully saturated rings. The van der Waals surface area contributed by atoms with Gasteiger partial charge in [-0.25, -0.2) is 0 Å². The third kappa shape index (κ3) is 2.76. The summed E-state index contributed by atoms with van der Waals surface area (Å²) in [6, 6.07) is 0.508. The summed E-state index contributed by atoms with van der Waals surface area (Å²) in [5.74, 6) is 0.553. The van der Waals surface area contributed by atoms with Crippen LogP contribution in [0.25, 0.3) is 0 Å². The van der Waals surface area contributed by atoms with Crippen LogP contribution in [0.4, 0.5) is 5.95 Å². The van der Waals surface area contributed by atoms with E-state index >= 15 is 0 Å². The predicted octanol–water partition coefficient (Wildman–Crippen LogP) is 1.15. The van der Waals surface area contributed by atoms with Crippen LogP contribution in [0.15, 0.2) is 0 Å². The minimum Gasteiger partial charge on any atom is -0.467 e. The van der Waals surface area contributed by atoms with Crippen molar-refractivity contribution in [1.29, 1.82) is 0 Å². The minimum atomic E-state index is 0.146. The average Bonchev–Trinajstić information content (AvgIpc) is 2.37. The number of nitrogens with zero attached hydrogens (tertiary/aromatic N) is 4. The zero-order valence-corrected chi connectivity index (χ0v) is 10.6. The molecule has 1 aromatic heterocycles. The smallest absolute Gasteiger partial charge is 0.322 e. The van der Waals surface area contributed by atoms with Crippen molar-refractivity contribution in [3.8, 4) is 6.01 Å². The summed E-state index contributed by atoms with van der Waals surface area (Å²) in [5, 5.41) is 0.146. The monoisotopic (exact) mass is 258 g/mol. The van der Waals surface area contributed by atoms with E-state index in [1.54, 1.807) is 0 Å². The molecule has 1 aromatic rings. The summed E-state index contributed by atoms with van der Waals surface area (Å²) in [6.45, 7) is 4.21. The van der Waals surface area contributed by atoms with Crippen molar-refractivity contribution in [3.63, 3.8) is 0 Å². The number of morpholine rings is 1. The van der Waals surface area contributed by atoms with Crippen LogP contribution < -0.4 is 9.64 Å². The molecular weight excluding hydrogens is 244 g/mol. The lowest BCUT2D eigenvalue weighted by atomic mass is 10.2. The van der Waals surface area contributed by atoms with E-state index in [1.807, 2.05) is 0 Å². The fourth-order valence-corrected chi connectivity index (χ4v) is 1.95. The number of aromatic nitrogens is 3. The van der Waals surface area contributed by atoms with Gasteiger partial charge in [0.2, 0.25) is 11.2 Å². The van der Waals surface area contributed by atoms with Crippen molar-refractivity contribution in [2.45, 2.75) is 19.4 Å². The van der Waals surface area contributed by atoms with Gasteiger partial charge < -0.3 is 14.4 Å². The number of rotatable bonds is 3. The maximum atomic E-state index is 5.84. The van der Waals surface area contributed by atoms with Gasteiger partial charge in [0, 0.05) is 6.54 Å². The van der Waals surface area contributed by atoms with Crippen molar-refractivity contribution in [2.24, 2.45) is 0 Å². The summed E-state index contributed by atoms with van der Waals surface area (Å²) < 4.78 is 10.4. The Kier molecular flexibility index (Phi) is 3.96. The molecule has 1 aliphatic rings. The van der Waals surface area contributed by atoms with Crippen LogP contribution in [0.1, 0.15) is 13.3 Å². The van der Waals surface area contributed by atoms with Gasteiger partial charge in [-0.05, 0) is 18.0 Å². The van der Waals surface area contributed by atoms with Crippen molar-refractivity contribution in [1.82, 2.24) is 15.0 Å². The molecule has 0 spiro atoms. The fraction of sp³-hybridized carbons (Fsp3) is 0.700. The Morgan fingerprint density at radius 2 is 2.29 bits per heavy atom. The molecule has 0 amide bonds. The third-order valence-electron chi connectivity index (χ3n) is 2.71. The first-order valence-corrected chi connectivity index (χ1v) is 5.92. The van der Waals surface area contributed by atoms with Crippen LogP contribution >= 0.6 is 11.6 Å². The fourth-order valence-electron chi connectivity index (χ4n) is 1.80. The molecule has 6 nitrogen and oxygen atoms in total. The number of anilines is 1. The molecule has 0 bridgehead atoms. The Hall–Kier alpha value is -1.14. The highest BCUT2D eigenvalue weighted by Gasteiger charge is 2.24. The van der Waals surface area contributed by atoms with Crippen LogP contribution in [0.5, 0.6) is 6.01 Å². The number of ether oxygens (including phenoxy) is 2. The number of hydrogen-bond acceptors (Lipinski definition) is 6. The van der Waals surface area contributed by atoms with E-state index in [1.165, 1.54) is 7.11 Å². The molecule has 0 saturated carbocycles. The average molecular weight is 259 g/mol. The summed E-state index contributed by atoms with van der Waals surface area (Å²) >= 11 is 5.84. The molecular formula is C10H15ClN4O2. The topological polar surface area (TPSA) is 60.4 Å². The van der Waals surface area contributed by atoms with E-state index < -0.39 is 0 Å². The van der Waals surface area contributed by atoms with Gasteiger partial charge in [-0.15, -0.1) is 0 Å². The highest BCUT2D eigenvalue weighted by Crippen LogP contribution is 2.20. The molecule has 0 aliphatic carbocycles. The zero-order chi connectivity index (χ0) is 12.3. The van der Waals surface area contributed by atoms with Crippen LogP contribution in [0, 0.1) is 0 Å². The predicted molar refractivity (Wildman–Crippen MR) is 63.6 cm³/mol. The molecule has 0 N–H and O–H groups in total. The summed E-state index contributed by atoms with van der Waals surface area (Å²) in [7, 11) is 1.51. The van der Waals surface area contributed by atoms with E-state index in [0.29, 0.717) is 19.2 Å². The van der Waals surface area contributed by atoms with Gasteiger partial charge in [-0.3, -0.25) is 0 Å². The highest BCUT2D eigenvalue weighted by molar-refractivity contribution is 6.28. The summed E-state index contributed by atoms with van der Waals surface area (Å²) in [4.78, 5) is 14.3. The second-order valence-electron chi connectivity index (χ2n) is 3.72. The molecule has 1 unspecified atom stereocenters. The first-order chi connectivity index (χ1) is 8.24. The molecule has 1 atom stereocenters. The van der Waals surface area contributed by atoms with Gasteiger partial charge in [-0.1, -0.05) is 6.92 Å². The van der Waals surface area contributed by atoms with Gasteiger partial charge in [0.05, 0.1) is 26.4 Å². The van der Waals surface area contributed by atoms with Crippen LogP contribution in [-0.4, -0.2) is 47.9 Å². The lowest BCUT2D eigenvalue weighted by Gasteiger charge is -2.34. The SMILES string of the molecule is CCC1COCCN1c1nc(Cl)nc(OC)n1. The normalized spacial score (nSPS) is 20.4. The molecule has 0 aromatic carbocycles. The molecule has 17 heavy (non-hydrogen) atoms. The summed E-state index contributed by atoms with van der Waals surface area (Å²) in [5.41, 5.74) is 0. The van der Waals surface area contributed by atoms with Gasteiger partial charge in [0.1, 0.15) is 0 Å². The minimum absolute atomic E-state index is 0.146. The van der Waals surface area contributed by atoms with Crippen molar-refractivity contribution in [3.05, 3.63) is 5.28 Å². The van der Waals surface area contributed by atoms with E-state index in [2.05, 4.69) is 26.8 Å². The van der Waals surface area contributed by atoms with Crippen LogP contribution in [-0.2, 0) is 4.74 Å². The van der Waals surface area contributed by atoms with E-state index in [4.69, 9.17) is 21.1 Å². The van der Waals surface area contributed by atoms with Gasteiger partial charge in [-0.2, -0.15) is 15.0 Å². The number of halogens is 1. The Bertz CT molecular complexity index is 391. The zero-order valence-electron chi connectivity index (χ0n) is 9.89. The Morgan fingerprint density at radius 1 is 1.47 bits per heavy atom. The van der Waals surface area contributed by atoms with Crippen molar-refractivity contribution < 1.29 is 9.47 Å². The van der Waals surface area contributed by atoms with Crippen molar-refractivity contribution >= 4 is 17.5 Å². The van der Waals surface area contributed by atoms with Crippen LogP contribution in [0.3, 0.4) is 0 Å². The van der Waals surface area contributed by atoms with E-state index in [-0.39, 0.29) is 17.3 Å². The first kappa shape index (κ1) is 12.3. The lowest BCUT2D eigenvalue weighted by Crippen LogP contribution is -2.46. The van der Waals surface area contributed by atoms with Gasteiger partial charge in [0.25, 0.3) is 0 Å². The molecule has 7 heteroatoms. The van der Waals surface area contributed by atoms with Crippen molar-refractivity contribution in [2.75, 3.05) is 31.8 Å². The van der Waals surface area contributed by atoms with Crippen LogP contribution in [0.2, 0.25) is 5.28 Å². The molecule has 1 aliphatic heterocycles. The standard InChI is InChI=1S/C10H15ClN4O2/c1-3-7-6-17-5-4-15(7)9-12-8(11)13-10(14-9)16-2/h7H,3-6H2,1-2H3. The Morgan fingerprint density at radius 3 is 3.00 bits per heavy atom. The first-order valence-electron chi connectivity index (χ1n) is 5.54. The largest absolute Gasteiger partial charge is 0.467 e. The Labute approximate surface area is 105 Å². The molecule has 1 saturated heterocycles. The molecule has 0 radical (unpaired) electrons. The van der Waals surface area contributed by atoms with E-state index in [9.17, 15) is 0 Å². The van der Waals surface area contributed by atoms with Gasteiger partial charge >= 0.3 is 6.01 Å².